The molecule has 2 aliphatic rings. The number of fused-ring (bicyclic) bond motifs is 1. The van der Waals surface area contributed by atoms with Crippen LogP contribution in [0.2, 0.25) is 0 Å². The van der Waals surface area contributed by atoms with E-state index in [1.54, 1.807) is 17.7 Å². The molecule has 1 aliphatic carbocycles. The Morgan fingerprint density at radius 1 is 1.32 bits per heavy atom. The molecule has 0 radical (unpaired) electrons. The van der Waals surface area contributed by atoms with Crippen LogP contribution < -0.4 is 10.2 Å². The molecular formula is C20H28N4O3S. The quantitative estimate of drug-likeness (QED) is 0.838. The molecule has 2 aromatic rings. The summed E-state index contributed by atoms with van der Waals surface area (Å²) in [6.45, 7) is 7.23. The van der Waals surface area contributed by atoms with E-state index in [2.05, 4.69) is 33.3 Å². The van der Waals surface area contributed by atoms with Crippen molar-refractivity contribution in [3.63, 3.8) is 0 Å². The number of nitrogens with zero attached hydrogens (tertiary/aromatic N) is 3. The van der Waals surface area contributed by atoms with E-state index in [1.165, 1.54) is 4.88 Å². The molecule has 1 amide bonds. The van der Waals surface area contributed by atoms with Gasteiger partial charge in [0.25, 0.3) is 0 Å². The van der Waals surface area contributed by atoms with Gasteiger partial charge in [-0.1, -0.05) is 0 Å². The Bertz CT molecular complexity index is 859. The molecule has 7 nitrogen and oxygen atoms in total. The van der Waals surface area contributed by atoms with Crippen LogP contribution in [0.4, 0.5) is 10.6 Å². The molecule has 1 N–H and O–H groups in total. The number of aromatic nitrogens is 2. The zero-order valence-corrected chi connectivity index (χ0v) is 17.7. The highest BCUT2D eigenvalue weighted by Crippen LogP contribution is 2.38. The second kappa shape index (κ2) is 7.48. The third-order valence-electron chi connectivity index (χ3n) is 5.38. The minimum absolute atomic E-state index is 0.129. The number of nitrogens with one attached hydrogen (secondary N) is 1. The van der Waals surface area contributed by atoms with Crippen molar-refractivity contribution >= 4 is 33.5 Å². The van der Waals surface area contributed by atoms with Crippen molar-refractivity contribution in [2.75, 3.05) is 25.2 Å². The molecule has 3 heterocycles. The molecule has 2 aromatic heterocycles. The maximum Gasteiger partial charge on any atom is 0.407 e. The number of carbonyl (C=O) groups excluding carboxylic acids is 1. The minimum atomic E-state index is -0.479. The van der Waals surface area contributed by atoms with Crippen molar-refractivity contribution in [1.29, 1.82) is 0 Å². The maximum atomic E-state index is 12.1. The van der Waals surface area contributed by atoms with Crippen LogP contribution in [0.5, 0.6) is 0 Å². The van der Waals surface area contributed by atoms with E-state index in [0.29, 0.717) is 12.0 Å². The molecular weight excluding hydrogens is 376 g/mol. The molecule has 2 unspecified atom stereocenters. The summed E-state index contributed by atoms with van der Waals surface area (Å²) >= 11 is 1.74. The number of anilines is 1. The Kier molecular flexibility index (Phi) is 5.18. The van der Waals surface area contributed by atoms with Gasteiger partial charge >= 0.3 is 6.09 Å². The lowest BCUT2D eigenvalue weighted by Gasteiger charge is -2.26. The summed E-state index contributed by atoms with van der Waals surface area (Å²) in [6, 6.07) is 2.68. The lowest BCUT2D eigenvalue weighted by atomic mass is 10.1. The lowest BCUT2D eigenvalue weighted by molar-refractivity contribution is 0.00990. The summed E-state index contributed by atoms with van der Waals surface area (Å²) in [7, 11) is 2.09. The van der Waals surface area contributed by atoms with Crippen LogP contribution in [0.15, 0.2) is 12.4 Å². The van der Waals surface area contributed by atoms with Crippen LogP contribution in [-0.4, -0.2) is 54.0 Å². The van der Waals surface area contributed by atoms with Crippen LogP contribution in [0, 0.1) is 0 Å². The largest absolute Gasteiger partial charge is 0.444 e. The highest BCUT2D eigenvalue weighted by molar-refractivity contribution is 7.18. The average Bonchev–Trinajstić information content (AvgIpc) is 3.16. The van der Waals surface area contributed by atoms with Gasteiger partial charge in [-0.25, -0.2) is 14.8 Å². The topological polar surface area (TPSA) is 76.6 Å². The van der Waals surface area contributed by atoms with E-state index in [-0.39, 0.29) is 12.1 Å². The van der Waals surface area contributed by atoms with Gasteiger partial charge in [0.1, 0.15) is 22.6 Å². The van der Waals surface area contributed by atoms with Crippen LogP contribution in [-0.2, 0) is 9.47 Å². The predicted molar refractivity (Wildman–Crippen MR) is 110 cm³/mol. The number of carbonyl (C=O) groups is 1. The molecule has 28 heavy (non-hydrogen) atoms. The summed E-state index contributed by atoms with van der Waals surface area (Å²) in [6.07, 6.45) is 4.15. The predicted octanol–water partition coefficient (Wildman–Crippen LogP) is 3.69. The molecule has 0 bridgehead atoms. The normalized spacial score (nSPS) is 22.9. The van der Waals surface area contributed by atoms with Crippen LogP contribution in [0.1, 0.15) is 50.8 Å². The first-order valence-corrected chi connectivity index (χ1v) is 10.7. The van der Waals surface area contributed by atoms with Gasteiger partial charge in [-0.15, -0.1) is 11.3 Å². The van der Waals surface area contributed by atoms with Gasteiger partial charge in [-0.3, -0.25) is 0 Å². The summed E-state index contributed by atoms with van der Waals surface area (Å²) in [5.74, 6) is 1.46. The average molecular weight is 405 g/mol. The number of alkyl carbamates (subject to hydrolysis) is 1. The van der Waals surface area contributed by atoms with Gasteiger partial charge in [0, 0.05) is 29.9 Å². The molecule has 0 aromatic carbocycles. The number of rotatable bonds is 4. The van der Waals surface area contributed by atoms with Crippen molar-refractivity contribution in [2.45, 2.75) is 63.6 Å². The molecule has 1 saturated heterocycles. The van der Waals surface area contributed by atoms with Crippen LogP contribution in [0.25, 0.3) is 10.2 Å². The van der Waals surface area contributed by atoms with Gasteiger partial charge in [-0.05, 0) is 46.1 Å². The van der Waals surface area contributed by atoms with Gasteiger partial charge in [0.05, 0.1) is 18.6 Å². The van der Waals surface area contributed by atoms with Crippen molar-refractivity contribution in [3.05, 3.63) is 17.3 Å². The Balaban J connectivity index is 1.44. The SMILES string of the molecule is CN(c1ncnc2sc(C3COC3)cc12)C1CCC(NC(=O)OC(C)(C)C)C1. The van der Waals surface area contributed by atoms with E-state index in [9.17, 15) is 4.79 Å². The molecule has 2 fully saturated rings. The molecule has 4 rings (SSSR count). The summed E-state index contributed by atoms with van der Waals surface area (Å²) in [5.41, 5.74) is -0.479. The minimum Gasteiger partial charge on any atom is -0.444 e. The fourth-order valence-corrected chi connectivity index (χ4v) is 4.89. The zero-order valence-electron chi connectivity index (χ0n) is 16.9. The zero-order chi connectivity index (χ0) is 19.9. The summed E-state index contributed by atoms with van der Waals surface area (Å²) in [5, 5.41) is 4.12. The molecule has 2 atom stereocenters. The van der Waals surface area contributed by atoms with E-state index in [0.717, 1.165) is 48.5 Å². The second-order valence-electron chi connectivity index (χ2n) is 8.72. The van der Waals surface area contributed by atoms with E-state index >= 15 is 0 Å². The molecule has 1 aliphatic heterocycles. The number of ether oxygens (including phenoxy) is 2. The van der Waals surface area contributed by atoms with Crippen molar-refractivity contribution in [1.82, 2.24) is 15.3 Å². The lowest BCUT2D eigenvalue weighted by Crippen LogP contribution is -2.39. The van der Waals surface area contributed by atoms with Gasteiger partial charge in [0.2, 0.25) is 0 Å². The van der Waals surface area contributed by atoms with Crippen molar-refractivity contribution in [3.8, 4) is 0 Å². The molecule has 1 saturated carbocycles. The first-order valence-electron chi connectivity index (χ1n) is 9.84. The van der Waals surface area contributed by atoms with Gasteiger partial charge < -0.3 is 19.7 Å². The maximum absolute atomic E-state index is 12.1. The van der Waals surface area contributed by atoms with E-state index in [1.807, 2.05) is 20.8 Å². The second-order valence-corrected chi connectivity index (χ2v) is 9.78. The first-order chi connectivity index (χ1) is 13.3. The summed E-state index contributed by atoms with van der Waals surface area (Å²) < 4.78 is 10.7. The Morgan fingerprint density at radius 3 is 2.79 bits per heavy atom. The monoisotopic (exact) mass is 404 g/mol. The van der Waals surface area contributed by atoms with E-state index < -0.39 is 5.60 Å². The van der Waals surface area contributed by atoms with Crippen LogP contribution >= 0.6 is 11.3 Å². The molecule has 0 spiro atoms. The number of hydrogen-bond acceptors (Lipinski definition) is 7. The molecule has 152 valence electrons. The summed E-state index contributed by atoms with van der Waals surface area (Å²) in [4.78, 5) is 25.7. The van der Waals surface area contributed by atoms with Crippen molar-refractivity contribution < 1.29 is 14.3 Å². The van der Waals surface area contributed by atoms with Gasteiger partial charge in [-0.2, -0.15) is 0 Å². The smallest absolute Gasteiger partial charge is 0.407 e. The Labute approximate surface area is 169 Å². The van der Waals surface area contributed by atoms with E-state index in [4.69, 9.17) is 9.47 Å². The third kappa shape index (κ3) is 4.07. The standard InChI is InChI=1S/C20H28N4O3S/c1-20(2,3)27-19(25)23-13-5-6-14(7-13)24(4)17-15-8-16(12-9-26-10-12)28-18(15)22-11-21-17/h8,11-14H,5-7,9-10H2,1-4H3,(H,23,25). The number of thiophene rings is 1. The first kappa shape index (κ1) is 19.4. The fraction of sp³-hybridized carbons (Fsp3) is 0.650. The van der Waals surface area contributed by atoms with Crippen molar-refractivity contribution in [2.24, 2.45) is 0 Å². The molecule has 8 heteroatoms. The number of hydrogen-bond donors (Lipinski definition) is 1. The Hall–Kier alpha value is -1.93. The van der Waals surface area contributed by atoms with Gasteiger partial charge in [0.15, 0.2) is 0 Å². The third-order valence-corrected chi connectivity index (χ3v) is 6.58. The highest BCUT2D eigenvalue weighted by Gasteiger charge is 2.32. The highest BCUT2D eigenvalue weighted by atomic mass is 32.1. The Morgan fingerprint density at radius 2 is 2.11 bits per heavy atom. The fourth-order valence-electron chi connectivity index (χ4n) is 3.83. The van der Waals surface area contributed by atoms with Crippen LogP contribution in [0.3, 0.4) is 0 Å². The number of amides is 1.